The van der Waals surface area contributed by atoms with Gasteiger partial charge in [0.15, 0.2) is 0 Å². The van der Waals surface area contributed by atoms with Gasteiger partial charge in [-0.05, 0) is 41.5 Å². The summed E-state index contributed by atoms with van der Waals surface area (Å²) in [5.74, 6) is 0. The van der Waals surface area contributed by atoms with Gasteiger partial charge in [0.05, 0.1) is 38.2 Å². The fourth-order valence-electron chi connectivity index (χ4n) is 7.08. The molecular weight excluding hydrogens is 705 g/mol. The van der Waals surface area contributed by atoms with Gasteiger partial charge in [0.25, 0.3) is 0 Å². The molecular formula is C46H58N4O6. The number of nitrogens with one attached hydrogen (secondary N) is 1. The van der Waals surface area contributed by atoms with Crippen LogP contribution >= 0.6 is 0 Å². The number of aliphatic hydroxyl groups excluding tert-OH is 1. The lowest BCUT2D eigenvalue weighted by Gasteiger charge is -2.49. The van der Waals surface area contributed by atoms with Gasteiger partial charge < -0.3 is 34.1 Å². The van der Waals surface area contributed by atoms with Crippen LogP contribution in [0.3, 0.4) is 0 Å². The van der Waals surface area contributed by atoms with E-state index in [2.05, 4.69) is 22.6 Å². The molecule has 1 fully saturated rings. The Balaban J connectivity index is 1.23. The Kier molecular flexibility index (Phi) is 17.1. The highest BCUT2D eigenvalue weighted by atomic mass is 16.6. The largest absolute Gasteiger partial charge is 0.389 e. The van der Waals surface area contributed by atoms with E-state index in [-0.39, 0.29) is 0 Å². The van der Waals surface area contributed by atoms with Crippen molar-refractivity contribution in [1.82, 2.24) is 20.3 Å². The normalized spacial score (nSPS) is 21.0. The second kappa shape index (κ2) is 23.1. The van der Waals surface area contributed by atoms with Crippen LogP contribution < -0.4 is 5.32 Å². The second-order valence-corrected chi connectivity index (χ2v) is 14.4. The van der Waals surface area contributed by atoms with Crippen LogP contribution in [0.4, 0.5) is 0 Å². The predicted molar refractivity (Wildman–Crippen MR) is 216 cm³/mol. The first-order chi connectivity index (χ1) is 27.7. The Hall–Kier alpha value is -4.26. The van der Waals surface area contributed by atoms with E-state index in [0.29, 0.717) is 33.0 Å². The number of ether oxygens (including phenoxy) is 5. The van der Waals surface area contributed by atoms with Crippen molar-refractivity contribution >= 4 is 0 Å². The maximum Gasteiger partial charge on any atom is 0.115 e. The summed E-state index contributed by atoms with van der Waals surface area (Å²) in [6.07, 6.45) is 3.69. The predicted octanol–water partition coefficient (Wildman–Crippen LogP) is 7.44. The van der Waals surface area contributed by atoms with Gasteiger partial charge in [-0.3, -0.25) is 4.68 Å². The molecule has 0 aliphatic heterocycles. The Bertz CT molecular complexity index is 1760. The standard InChI is InChI=1S/C46H58N4O6/c1-2-28-52-29-18-4-3-17-27-50-31-40(48-49-50)30-47-41-42(51)44(54-33-37-21-11-6-12-22-37)46(56-35-39-25-15-8-16-26-39)45(55-34-38-23-13-7-14-24-38)43(41)53-32-36-19-9-5-10-20-36/h5-16,19-26,31,41-47,51H,2-4,17-18,27-30,32-35H2,1H3/t41-,42-,43+,44+,45-,46-/m1/s1. The number of aryl methyl sites for hydroxylation is 1. The molecule has 6 rings (SSSR count). The van der Waals surface area contributed by atoms with Crippen molar-refractivity contribution in [3.05, 3.63) is 155 Å². The number of aromatic nitrogens is 3. The van der Waals surface area contributed by atoms with E-state index >= 15 is 0 Å². The van der Waals surface area contributed by atoms with Crippen LogP contribution in [0.25, 0.3) is 0 Å². The zero-order valence-corrected chi connectivity index (χ0v) is 32.6. The number of benzene rings is 4. The van der Waals surface area contributed by atoms with Crippen LogP contribution in [-0.2, 0) is 63.2 Å². The number of hydrogen-bond donors (Lipinski definition) is 2. The van der Waals surface area contributed by atoms with Crippen LogP contribution in [0.15, 0.2) is 128 Å². The number of hydrogen-bond acceptors (Lipinski definition) is 9. The number of aliphatic hydroxyl groups is 1. The molecule has 10 heteroatoms. The maximum atomic E-state index is 12.4. The lowest BCUT2D eigenvalue weighted by atomic mass is 9.82. The molecule has 1 aromatic heterocycles. The number of rotatable bonds is 24. The van der Waals surface area contributed by atoms with Gasteiger partial charge in [0.2, 0.25) is 0 Å². The van der Waals surface area contributed by atoms with E-state index < -0.39 is 36.6 Å². The van der Waals surface area contributed by atoms with Crippen molar-refractivity contribution in [1.29, 1.82) is 0 Å². The molecule has 2 N–H and O–H groups in total. The molecule has 0 bridgehead atoms. The lowest BCUT2D eigenvalue weighted by Crippen LogP contribution is -2.69. The summed E-state index contributed by atoms with van der Waals surface area (Å²) in [4.78, 5) is 0. The molecule has 0 spiro atoms. The highest BCUT2D eigenvalue weighted by molar-refractivity contribution is 5.18. The van der Waals surface area contributed by atoms with Crippen molar-refractivity contribution in [2.45, 2.75) is 115 Å². The molecule has 5 aromatic rings. The zero-order chi connectivity index (χ0) is 38.6. The van der Waals surface area contributed by atoms with Gasteiger partial charge in [0, 0.05) is 32.5 Å². The topological polar surface area (TPSA) is 109 Å². The highest BCUT2D eigenvalue weighted by Gasteiger charge is 2.53. The lowest BCUT2D eigenvalue weighted by molar-refractivity contribution is -0.251. The van der Waals surface area contributed by atoms with Crippen LogP contribution in [-0.4, -0.2) is 69.9 Å². The summed E-state index contributed by atoms with van der Waals surface area (Å²) in [6.45, 7) is 6.21. The van der Waals surface area contributed by atoms with E-state index in [0.717, 1.165) is 79.8 Å². The minimum atomic E-state index is -1.02. The quantitative estimate of drug-likeness (QED) is 0.0621. The summed E-state index contributed by atoms with van der Waals surface area (Å²) in [5, 5.41) is 24.9. The van der Waals surface area contributed by atoms with Crippen molar-refractivity contribution in [2.75, 3.05) is 13.2 Å². The molecule has 298 valence electrons. The SMILES string of the molecule is CCCOCCCCCCn1cc(CN[C@@H]2[C@@H](O)[C@H](OCc3ccccc3)[C@@H](OCc3ccccc3)[C@H](OCc3ccccc3)[C@H]2OCc2ccccc2)nn1. The molecule has 0 saturated heterocycles. The van der Waals surface area contributed by atoms with Crippen molar-refractivity contribution in [2.24, 2.45) is 0 Å². The molecule has 56 heavy (non-hydrogen) atoms. The van der Waals surface area contributed by atoms with Crippen LogP contribution in [0.5, 0.6) is 0 Å². The molecule has 0 amide bonds. The first-order valence-corrected chi connectivity index (χ1v) is 20.2. The monoisotopic (exact) mass is 762 g/mol. The maximum absolute atomic E-state index is 12.4. The van der Waals surface area contributed by atoms with Gasteiger partial charge in [-0.2, -0.15) is 0 Å². The highest BCUT2D eigenvalue weighted by Crippen LogP contribution is 2.33. The van der Waals surface area contributed by atoms with Gasteiger partial charge in [-0.15, -0.1) is 5.10 Å². The van der Waals surface area contributed by atoms with E-state index in [4.69, 9.17) is 23.7 Å². The Labute approximate surface area is 332 Å². The molecule has 1 saturated carbocycles. The van der Waals surface area contributed by atoms with E-state index in [9.17, 15) is 5.11 Å². The molecule has 10 nitrogen and oxygen atoms in total. The van der Waals surface area contributed by atoms with Gasteiger partial charge in [0.1, 0.15) is 30.5 Å². The van der Waals surface area contributed by atoms with Crippen molar-refractivity contribution in [3.63, 3.8) is 0 Å². The number of nitrogens with zero attached hydrogens (tertiary/aromatic N) is 3. The van der Waals surface area contributed by atoms with Crippen LogP contribution in [0.2, 0.25) is 0 Å². The average molecular weight is 763 g/mol. The molecule has 6 atom stereocenters. The Morgan fingerprint density at radius 3 is 1.55 bits per heavy atom. The molecule has 1 heterocycles. The minimum Gasteiger partial charge on any atom is -0.389 e. The molecule has 0 radical (unpaired) electrons. The fraction of sp³-hybridized carbons (Fsp3) is 0.435. The summed E-state index contributed by atoms with van der Waals surface area (Å²) >= 11 is 0. The Morgan fingerprint density at radius 2 is 1.04 bits per heavy atom. The smallest absolute Gasteiger partial charge is 0.115 e. The first kappa shape index (κ1) is 41.4. The third-order valence-corrected chi connectivity index (χ3v) is 10.1. The van der Waals surface area contributed by atoms with Crippen molar-refractivity contribution in [3.8, 4) is 0 Å². The van der Waals surface area contributed by atoms with Crippen molar-refractivity contribution < 1.29 is 28.8 Å². The van der Waals surface area contributed by atoms with Gasteiger partial charge in [-0.25, -0.2) is 0 Å². The third kappa shape index (κ3) is 12.9. The number of unbranched alkanes of at least 4 members (excludes halogenated alkanes) is 3. The molecule has 1 aliphatic carbocycles. The fourth-order valence-corrected chi connectivity index (χ4v) is 7.08. The Morgan fingerprint density at radius 1 is 0.571 bits per heavy atom. The summed E-state index contributed by atoms with van der Waals surface area (Å²) in [5.41, 5.74) is 4.82. The summed E-state index contributed by atoms with van der Waals surface area (Å²) < 4.78 is 34.6. The third-order valence-electron chi connectivity index (χ3n) is 10.1. The average Bonchev–Trinajstić information content (AvgIpc) is 3.71. The summed E-state index contributed by atoms with van der Waals surface area (Å²) in [6, 6.07) is 39.6. The summed E-state index contributed by atoms with van der Waals surface area (Å²) in [7, 11) is 0. The van der Waals surface area contributed by atoms with Crippen LogP contribution in [0.1, 0.15) is 67.0 Å². The van der Waals surface area contributed by atoms with Crippen LogP contribution in [0, 0.1) is 0 Å². The minimum absolute atomic E-state index is 0.293. The van der Waals surface area contributed by atoms with E-state index in [1.165, 1.54) is 0 Å². The first-order valence-electron chi connectivity index (χ1n) is 20.2. The van der Waals surface area contributed by atoms with E-state index in [1.54, 1.807) is 0 Å². The second-order valence-electron chi connectivity index (χ2n) is 14.4. The van der Waals surface area contributed by atoms with Gasteiger partial charge in [-0.1, -0.05) is 146 Å². The molecule has 1 aliphatic rings. The van der Waals surface area contributed by atoms with E-state index in [1.807, 2.05) is 132 Å². The molecule has 4 aromatic carbocycles. The zero-order valence-electron chi connectivity index (χ0n) is 32.6. The molecule has 0 unspecified atom stereocenters. The van der Waals surface area contributed by atoms with Gasteiger partial charge >= 0.3 is 0 Å².